The van der Waals surface area contributed by atoms with Crippen molar-refractivity contribution in [3.8, 4) is 0 Å². The van der Waals surface area contributed by atoms with Gasteiger partial charge in [0.05, 0.1) is 0 Å². The summed E-state index contributed by atoms with van der Waals surface area (Å²) in [6.07, 6.45) is 1.53. The smallest absolute Gasteiger partial charge is 0.151 e. The summed E-state index contributed by atoms with van der Waals surface area (Å²) in [5.41, 5.74) is 7.26. The first-order valence-corrected chi connectivity index (χ1v) is 2.80. The molecule has 2 rings (SSSR count). The lowest BCUT2D eigenvalue weighted by Gasteiger charge is -2.27. The molecule has 0 aromatic rings. The highest BCUT2D eigenvalue weighted by Gasteiger charge is 2.24. The maximum Gasteiger partial charge on any atom is 0.151 e. The molecule has 2 N–H and O–H groups in total. The van der Waals surface area contributed by atoms with Crippen molar-refractivity contribution in [2.45, 2.75) is 0 Å². The zero-order valence-electron chi connectivity index (χ0n) is 4.89. The van der Waals surface area contributed by atoms with E-state index in [1.165, 1.54) is 11.8 Å². The molecule has 2 heterocycles. The fraction of sp³-hybridized carbons (Fsp3) is 0.333. The highest BCUT2D eigenvalue weighted by atomic mass is 16.5. The molecule has 0 radical (unpaired) electrons. The van der Waals surface area contributed by atoms with Crippen molar-refractivity contribution in [1.82, 2.24) is 0 Å². The second-order valence-corrected chi connectivity index (χ2v) is 2.11. The first-order valence-electron chi connectivity index (χ1n) is 2.80. The maximum atomic E-state index is 5.47. The number of rotatable bonds is 0. The fourth-order valence-corrected chi connectivity index (χ4v) is 0.927. The molecule has 0 aliphatic carbocycles. The standard InChI is InChI=1S/C6H7NO2/c7-5-3-8-1-4-2-9-6(4)5/h3H,1-2,7H2. The molecule has 0 bridgehead atoms. The zero-order valence-corrected chi connectivity index (χ0v) is 4.89. The minimum atomic E-state index is 0.613. The molecule has 0 saturated carbocycles. The average Bonchev–Trinajstić information content (AvgIpc) is 1.74. The van der Waals surface area contributed by atoms with Crippen LogP contribution in [-0.4, -0.2) is 13.2 Å². The predicted molar refractivity (Wildman–Crippen MR) is 31.2 cm³/mol. The molecule has 0 unspecified atom stereocenters. The molecule has 0 fully saturated rings. The van der Waals surface area contributed by atoms with Gasteiger partial charge in [0, 0.05) is 5.57 Å². The van der Waals surface area contributed by atoms with Crippen LogP contribution in [0.4, 0.5) is 0 Å². The third kappa shape index (κ3) is 0.512. The Labute approximate surface area is 52.7 Å². The van der Waals surface area contributed by atoms with Crippen LogP contribution in [0.5, 0.6) is 0 Å². The van der Waals surface area contributed by atoms with Gasteiger partial charge in [-0.05, 0) is 0 Å². The first kappa shape index (κ1) is 4.73. The van der Waals surface area contributed by atoms with Crippen LogP contribution in [0.15, 0.2) is 23.3 Å². The van der Waals surface area contributed by atoms with Gasteiger partial charge in [0.1, 0.15) is 25.2 Å². The minimum Gasteiger partial charge on any atom is -0.494 e. The van der Waals surface area contributed by atoms with Gasteiger partial charge in [0.2, 0.25) is 0 Å². The molecule has 0 amide bonds. The normalized spacial score (nSPS) is 22.9. The van der Waals surface area contributed by atoms with Gasteiger partial charge in [-0.25, -0.2) is 0 Å². The molecule has 0 atom stereocenters. The zero-order chi connectivity index (χ0) is 6.27. The van der Waals surface area contributed by atoms with Gasteiger partial charge in [-0.1, -0.05) is 0 Å². The molecule has 2 aliphatic rings. The van der Waals surface area contributed by atoms with E-state index in [1.807, 2.05) is 0 Å². The Hall–Kier alpha value is -1.12. The summed E-state index contributed by atoms with van der Waals surface area (Å²) in [6, 6.07) is 0. The Morgan fingerprint density at radius 3 is 2.78 bits per heavy atom. The summed E-state index contributed by atoms with van der Waals surface area (Å²) in [5.74, 6) is 0.834. The molecule has 2 aliphatic heterocycles. The lowest BCUT2D eigenvalue weighted by atomic mass is 10.1. The Morgan fingerprint density at radius 2 is 2.33 bits per heavy atom. The van der Waals surface area contributed by atoms with E-state index in [2.05, 4.69) is 0 Å². The first-order chi connectivity index (χ1) is 4.38. The van der Waals surface area contributed by atoms with Gasteiger partial charge in [-0.3, -0.25) is 0 Å². The van der Waals surface area contributed by atoms with Crippen molar-refractivity contribution >= 4 is 0 Å². The van der Waals surface area contributed by atoms with E-state index in [0.29, 0.717) is 18.9 Å². The van der Waals surface area contributed by atoms with E-state index in [-0.39, 0.29) is 0 Å². The topological polar surface area (TPSA) is 44.5 Å². The Bertz CT molecular complexity index is 205. The summed E-state index contributed by atoms with van der Waals surface area (Å²) in [4.78, 5) is 0. The number of hydrogen-bond donors (Lipinski definition) is 1. The van der Waals surface area contributed by atoms with Gasteiger partial charge in [0.15, 0.2) is 5.76 Å². The van der Waals surface area contributed by atoms with Gasteiger partial charge in [-0.2, -0.15) is 0 Å². The lowest BCUT2D eigenvalue weighted by Crippen LogP contribution is -2.25. The van der Waals surface area contributed by atoms with Gasteiger partial charge >= 0.3 is 0 Å². The van der Waals surface area contributed by atoms with E-state index in [1.54, 1.807) is 0 Å². The highest BCUT2D eigenvalue weighted by molar-refractivity contribution is 5.35. The quantitative estimate of drug-likeness (QED) is 0.499. The van der Waals surface area contributed by atoms with Gasteiger partial charge in [0.25, 0.3) is 0 Å². The van der Waals surface area contributed by atoms with Crippen LogP contribution < -0.4 is 5.73 Å². The maximum absolute atomic E-state index is 5.47. The molecule has 0 aromatic heterocycles. The van der Waals surface area contributed by atoms with Crippen LogP contribution in [0.25, 0.3) is 0 Å². The minimum absolute atomic E-state index is 0.613. The van der Waals surface area contributed by atoms with Crippen LogP contribution in [-0.2, 0) is 9.47 Å². The number of ether oxygens (including phenoxy) is 2. The molecule has 48 valence electrons. The van der Waals surface area contributed by atoms with E-state index in [4.69, 9.17) is 15.2 Å². The fourth-order valence-electron chi connectivity index (χ4n) is 0.927. The van der Waals surface area contributed by atoms with Crippen molar-refractivity contribution in [3.63, 3.8) is 0 Å². The van der Waals surface area contributed by atoms with Crippen LogP contribution in [0.1, 0.15) is 0 Å². The SMILES string of the molecule is NC1=COCC2=C1OC2. The average molecular weight is 125 g/mol. The second kappa shape index (κ2) is 1.43. The Morgan fingerprint density at radius 1 is 1.44 bits per heavy atom. The molecule has 0 saturated heterocycles. The summed E-state index contributed by atoms with van der Waals surface area (Å²) in [7, 11) is 0. The Kier molecular flexibility index (Phi) is 0.754. The third-order valence-corrected chi connectivity index (χ3v) is 1.44. The van der Waals surface area contributed by atoms with Crippen LogP contribution >= 0.6 is 0 Å². The number of nitrogens with two attached hydrogens (primary N) is 1. The van der Waals surface area contributed by atoms with E-state index < -0.39 is 0 Å². The lowest BCUT2D eigenvalue weighted by molar-refractivity contribution is 0.135. The van der Waals surface area contributed by atoms with Crippen molar-refractivity contribution < 1.29 is 9.47 Å². The summed E-state index contributed by atoms with van der Waals surface area (Å²) >= 11 is 0. The highest BCUT2D eigenvalue weighted by Crippen LogP contribution is 2.26. The molecule has 3 heteroatoms. The van der Waals surface area contributed by atoms with Crippen molar-refractivity contribution in [2.75, 3.05) is 13.2 Å². The monoisotopic (exact) mass is 125 g/mol. The van der Waals surface area contributed by atoms with Crippen LogP contribution in [0.2, 0.25) is 0 Å². The largest absolute Gasteiger partial charge is 0.494 e. The predicted octanol–water partition coefficient (Wildman–Crippen LogP) is 0.101. The van der Waals surface area contributed by atoms with Crippen LogP contribution in [0.3, 0.4) is 0 Å². The molecule has 0 spiro atoms. The summed E-state index contributed by atoms with van der Waals surface area (Å²) in [6.45, 7) is 1.33. The summed E-state index contributed by atoms with van der Waals surface area (Å²) < 4.78 is 10.0. The van der Waals surface area contributed by atoms with Crippen molar-refractivity contribution in [2.24, 2.45) is 5.73 Å². The van der Waals surface area contributed by atoms with Crippen LogP contribution in [0, 0.1) is 0 Å². The van der Waals surface area contributed by atoms with Gasteiger partial charge < -0.3 is 15.2 Å². The number of hydrogen-bond acceptors (Lipinski definition) is 3. The molecular formula is C6H7NO2. The third-order valence-electron chi connectivity index (χ3n) is 1.44. The Balaban J connectivity index is 2.35. The molecule has 0 aromatic carbocycles. The molecular weight excluding hydrogens is 118 g/mol. The molecule has 3 nitrogen and oxygen atoms in total. The van der Waals surface area contributed by atoms with E-state index >= 15 is 0 Å². The van der Waals surface area contributed by atoms with E-state index in [0.717, 1.165) is 5.76 Å². The van der Waals surface area contributed by atoms with E-state index in [9.17, 15) is 0 Å². The second-order valence-electron chi connectivity index (χ2n) is 2.11. The van der Waals surface area contributed by atoms with Gasteiger partial charge in [-0.15, -0.1) is 0 Å². The van der Waals surface area contributed by atoms with Crippen molar-refractivity contribution in [1.29, 1.82) is 0 Å². The summed E-state index contributed by atoms with van der Waals surface area (Å²) in [5, 5.41) is 0. The molecule has 9 heavy (non-hydrogen) atoms. The van der Waals surface area contributed by atoms with Crippen molar-refractivity contribution in [3.05, 3.63) is 23.3 Å².